The summed E-state index contributed by atoms with van der Waals surface area (Å²) in [6, 6.07) is 2.94. The van der Waals surface area contributed by atoms with Gasteiger partial charge in [0.1, 0.15) is 5.56 Å². The molecule has 3 heterocycles. The van der Waals surface area contributed by atoms with Crippen molar-refractivity contribution >= 4 is 21.6 Å². The number of benzene rings is 1. The molecule has 170 valence electrons. The van der Waals surface area contributed by atoms with E-state index in [9.17, 15) is 26.4 Å². The Hall–Kier alpha value is -2.99. The molecular formula is C20H20F3N5O3S. The second-order valence-electron chi connectivity index (χ2n) is 7.69. The highest BCUT2D eigenvalue weighted by Crippen LogP contribution is 2.30. The number of sulfonamides is 1. The van der Waals surface area contributed by atoms with Gasteiger partial charge >= 0.3 is 6.18 Å². The van der Waals surface area contributed by atoms with Crippen molar-refractivity contribution in [2.24, 2.45) is 0 Å². The van der Waals surface area contributed by atoms with Gasteiger partial charge in [0.2, 0.25) is 10.0 Å². The number of alkyl halides is 3. The van der Waals surface area contributed by atoms with E-state index in [0.29, 0.717) is 11.2 Å². The molecule has 0 spiro atoms. The number of aromatic nitrogens is 3. The van der Waals surface area contributed by atoms with Crippen LogP contribution in [0.2, 0.25) is 0 Å². The van der Waals surface area contributed by atoms with Crippen LogP contribution >= 0.6 is 0 Å². The fourth-order valence-electron chi connectivity index (χ4n) is 3.68. The Morgan fingerprint density at radius 2 is 1.81 bits per heavy atom. The average Bonchev–Trinajstić information content (AvgIpc) is 3.15. The van der Waals surface area contributed by atoms with Crippen molar-refractivity contribution in [3.05, 3.63) is 59.5 Å². The number of hydrogen-bond donors (Lipinski definition) is 0. The molecular weight excluding hydrogens is 447 g/mol. The molecule has 2 aromatic heterocycles. The zero-order valence-electron chi connectivity index (χ0n) is 17.2. The maximum Gasteiger partial charge on any atom is 0.416 e. The standard InChI is InChI=1S/C20H20F3N5O3S/c1-13-9-24-18-17(10-25-28(18)11-13)19(29)27-8-7-26(12-14(27)2)32(30,31)16-5-3-15(4-6-16)20(21,22)23/h3-6,9-11,14H,7-8,12H2,1-2H3/t14-/m0/s1. The molecule has 1 amide bonds. The molecule has 1 aliphatic rings. The number of carbonyl (C=O) groups is 1. The molecule has 4 rings (SSSR count). The molecule has 12 heteroatoms. The van der Waals surface area contributed by atoms with Crippen molar-refractivity contribution in [1.82, 2.24) is 23.8 Å². The van der Waals surface area contributed by atoms with Crippen molar-refractivity contribution < 1.29 is 26.4 Å². The topological polar surface area (TPSA) is 87.9 Å². The number of aryl methyl sites for hydroxylation is 1. The van der Waals surface area contributed by atoms with E-state index in [4.69, 9.17) is 0 Å². The molecule has 0 bridgehead atoms. The summed E-state index contributed by atoms with van der Waals surface area (Å²) < 4.78 is 66.8. The van der Waals surface area contributed by atoms with Gasteiger partial charge in [0.15, 0.2) is 5.65 Å². The minimum atomic E-state index is -4.55. The number of amides is 1. The van der Waals surface area contributed by atoms with Crippen LogP contribution in [0, 0.1) is 6.92 Å². The van der Waals surface area contributed by atoms with Crippen LogP contribution in [0.3, 0.4) is 0 Å². The first-order valence-corrected chi connectivity index (χ1v) is 11.2. The third kappa shape index (κ3) is 3.95. The summed E-state index contributed by atoms with van der Waals surface area (Å²) in [5, 5.41) is 4.16. The molecule has 3 aromatic rings. The lowest BCUT2D eigenvalue weighted by Gasteiger charge is -2.39. The summed E-state index contributed by atoms with van der Waals surface area (Å²) in [7, 11) is -4.00. The molecule has 1 saturated heterocycles. The summed E-state index contributed by atoms with van der Waals surface area (Å²) in [6.07, 6.45) is 0.263. The van der Waals surface area contributed by atoms with Crippen molar-refractivity contribution in [1.29, 1.82) is 0 Å². The van der Waals surface area contributed by atoms with Crippen LogP contribution in [0.5, 0.6) is 0 Å². The van der Waals surface area contributed by atoms with Crippen LogP contribution in [0.25, 0.3) is 5.65 Å². The van der Waals surface area contributed by atoms with Crippen LogP contribution in [-0.2, 0) is 16.2 Å². The summed E-state index contributed by atoms with van der Waals surface area (Å²) in [5.74, 6) is -0.310. The smallest absolute Gasteiger partial charge is 0.333 e. The van der Waals surface area contributed by atoms with E-state index in [1.807, 2.05) is 6.92 Å². The number of fused-ring (bicyclic) bond motifs is 1. The van der Waals surface area contributed by atoms with Gasteiger partial charge in [-0.05, 0) is 43.7 Å². The maximum atomic E-state index is 13.1. The molecule has 1 aromatic carbocycles. The monoisotopic (exact) mass is 467 g/mol. The molecule has 1 aliphatic heterocycles. The first kappa shape index (κ1) is 22.2. The normalized spacial score (nSPS) is 18.3. The second-order valence-corrected chi connectivity index (χ2v) is 9.63. The predicted octanol–water partition coefficient (Wildman–Crippen LogP) is 2.59. The van der Waals surface area contributed by atoms with E-state index in [1.165, 1.54) is 15.0 Å². The Morgan fingerprint density at radius 1 is 1.12 bits per heavy atom. The van der Waals surface area contributed by atoms with Crippen LogP contribution < -0.4 is 0 Å². The fraction of sp³-hybridized carbons (Fsp3) is 0.350. The second kappa shape index (κ2) is 7.85. The third-order valence-electron chi connectivity index (χ3n) is 5.39. The number of rotatable bonds is 3. The van der Waals surface area contributed by atoms with Gasteiger partial charge in [-0.25, -0.2) is 17.9 Å². The van der Waals surface area contributed by atoms with Crippen LogP contribution in [-0.4, -0.2) is 63.8 Å². The lowest BCUT2D eigenvalue weighted by Crippen LogP contribution is -2.55. The number of hydrogen-bond acceptors (Lipinski definition) is 5. The number of halogens is 3. The summed E-state index contributed by atoms with van der Waals surface area (Å²) in [6.45, 7) is 3.73. The average molecular weight is 467 g/mol. The zero-order chi connectivity index (χ0) is 23.3. The van der Waals surface area contributed by atoms with E-state index in [1.54, 1.807) is 24.2 Å². The summed E-state index contributed by atoms with van der Waals surface area (Å²) >= 11 is 0. The summed E-state index contributed by atoms with van der Waals surface area (Å²) in [4.78, 5) is 18.7. The number of nitrogens with zero attached hydrogens (tertiary/aromatic N) is 5. The van der Waals surface area contributed by atoms with Crippen molar-refractivity contribution in [3.8, 4) is 0 Å². The Kier molecular flexibility index (Phi) is 5.45. The lowest BCUT2D eigenvalue weighted by molar-refractivity contribution is -0.137. The van der Waals surface area contributed by atoms with Gasteiger partial charge in [0, 0.05) is 38.1 Å². The molecule has 0 radical (unpaired) electrons. The van der Waals surface area contributed by atoms with Gasteiger partial charge < -0.3 is 4.90 Å². The van der Waals surface area contributed by atoms with E-state index in [2.05, 4.69) is 10.1 Å². The molecule has 32 heavy (non-hydrogen) atoms. The van der Waals surface area contributed by atoms with Gasteiger partial charge in [-0.3, -0.25) is 4.79 Å². The SMILES string of the molecule is Cc1cnc2c(C(=O)N3CCN(S(=O)(=O)c4ccc(C(F)(F)F)cc4)C[C@@H]3C)cnn2c1. The first-order valence-electron chi connectivity index (χ1n) is 9.77. The molecule has 0 saturated carbocycles. The fourth-order valence-corrected chi connectivity index (χ4v) is 5.20. The molecule has 1 atom stereocenters. The minimum Gasteiger partial charge on any atom is -0.333 e. The van der Waals surface area contributed by atoms with Gasteiger partial charge in [-0.2, -0.15) is 22.6 Å². The van der Waals surface area contributed by atoms with Gasteiger partial charge in [0.25, 0.3) is 5.91 Å². The third-order valence-corrected chi connectivity index (χ3v) is 7.27. The van der Waals surface area contributed by atoms with Crippen molar-refractivity contribution in [2.75, 3.05) is 19.6 Å². The molecule has 0 N–H and O–H groups in total. The lowest BCUT2D eigenvalue weighted by atomic mass is 10.2. The van der Waals surface area contributed by atoms with Gasteiger partial charge in [-0.15, -0.1) is 0 Å². The van der Waals surface area contributed by atoms with E-state index < -0.39 is 27.8 Å². The van der Waals surface area contributed by atoms with Crippen LogP contribution in [0.1, 0.15) is 28.4 Å². The van der Waals surface area contributed by atoms with Crippen LogP contribution in [0.15, 0.2) is 47.8 Å². The highest BCUT2D eigenvalue weighted by Gasteiger charge is 2.36. The molecule has 8 nitrogen and oxygen atoms in total. The Bertz CT molecular complexity index is 1270. The molecule has 0 unspecified atom stereocenters. The quantitative estimate of drug-likeness (QED) is 0.591. The summed E-state index contributed by atoms with van der Waals surface area (Å²) in [5.41, 5.74) is 0.691. The van der Waals surface area contributed by atoms with Gasteiger partial charge in [-0.1, -0.05) is 0 Å². The number of carbonyl (C=O) groups excluding carboxylic acids is 1. The van der Waals surface area contributed by atoms with E-state index in [-0.39, 0.29) is 30.4 Å². The Balaban J connectivity index is 1.51. The van der Waals surface area contributed by atoms with E-state index >= 15 is 0 Å². The first-order chi connectivity index (χ1) is 15.0. The zero-order valence-corrected chi connectivity index (χ0v) is 18.1. The number of piperazine rings is 1. The maximum absolute atomic E-state index is 13.1. The van der Waals surface area contributed by atoms with Crippen LogP contribution in [0.4, 0.5) is 13.2 Å². The molecule has 1 fully saturated rings. The highest BCUT2D eigenvalue weighted by molar-refractivity contribution is 7.89. The van der Waals surface area contributed by atoms with E-state index in [0.717, 1.165) is 29.8 Å². The minimum absolute atomic E-state index is 0.0147. The van der Waals surface area contributed by atoms with Crippen molar-refractivity contribution in [3.63, 3.8) is 0 Å². The van der Waals surface area contributed by atoms with Gasteiger partial charge in [0.05, 0.1) is 16.7 Å². The van der Waals surface area contributed by atoms with Crippen molar-refractivity contribution in [2.45, 2.75) is 31.0 Å². The Morgan fingerprint density at radius 3 is 2.44 bits per heavy atom. The largest absolute Gasteiger partial charge is 0.416 e. The molecule has 0 aliphatic carbocycles. The highest BCUT2D eigenvalue weighted by atomic mass is 32.2. The Labute approximate surface area is 182 Å². The predicted molar refractivity (Wildman–Crippen MR) is 108 cm³/mol.